The fourth-order valence-electron chi connectivity index (χ4n) is 1.89. The van der Waals surface area contributed by atoms with E-state index < -0.39 is 41.0 Å². The number of hydrogen-bond donors (Lipinski definition) is 2. The number of H-pyrrole nitrogens is 2. The van der Waals surface area contributed by atoms with Crippen molar-refractivity contribution in [3.8, 4) is 0 Å². The van der Waals surface area contributed by atoms with Crippen molar-refractivity contribution in [1.29, 1.82) is 0 Å². The predicted octanol–water partition coefficient (Wildman–Crippen LogP) is -20.9. The van der Waals surface area contributed by atoms with Crippen LogP contribution in [0.25, 0.3) is 0 Å². The van der Waals surface area contributed by atoms with Gasteiger partial charge in [-0.2, -0.15) is 0 Å². The van der Waals surface area contributed by atoms with E-state index in [1.807, 2.05) is 24.5 Å². The van der Waals surface area contributed by atoms with Crippen molar-refractivity contribution < 1.29 is 136 Å². The SMILES string of the molecule is [O-][Cl+3]([O-])([O-])[O-].[O-][Cl+3]([O-])([O-])[O-].[O-][Cl+3]([O-])([O-])[O-].[O-][Cl+3]([O-])([O-])[O-].c1c[nH+]cc(C[NH2+]CC[NH2+]Cc2ccc[nH+]c2)c1. The molecule has 0 aliphatic heterocycles. The average molecular weight is 644 g/mol. The lowest BCUT2D eigenvalue weighted by Gasteiger charge is -2.17. The maximum absolute atomic E-state index is 8.49. The van der Waals surface area contributed by atoms with E-state index in [1.165, 1.54) is 11.1 Å². The summed E-state index contributed by atoms with van der Waals surface area (Å²) in [7, 11) is -19.8. The zero-order chi connectivity index (χ0) is 30.5. The Morgan fingerprint density at radius 1 is 0.474 bits per heavy atom. The Morgan fingerprint density at radius 2 is 0.711 bits per heavy atom. The Kier molecular flexibility index (Phi) is 23.4. The Labute approximate surface area is 222 Å². The molecule has 6 N–H and O–H groups in total. The first-order valence-corrected chi connectivity index (χ1v) is 13.9. The van der Waals surface area contributed by atoms with E-state index >= 15 is 0 Å². The lowest BCUT2D eigenvalue weighted by Crippen LogP contribution is -2.93. The van der Waals surface area contributed by atoms with Gasteiger partial charge < -0.3 is 10.6 Å². The molecule has 0 aliphatic carbocycles. The number of halogens is 4. The standard InChI is InChI=1S/C14H18N4.4ClHO4/c1-3-13(9-15-5-1)11-17-7-8-18-12-14-4-2-6-16-10-14;4*2-1(3,4)5/h1-6,9-10,17-18H,7-8,11-12H2;4*(H,2,3,4,5). The van der Waals surface area contributed by atoms with Crippen LogP contribution in [0.3, 0.4) is 0 Å². The molecule has 38 heavy (non-hydrogen) atoms. The van der Waals surface area contributed by atoms with Gasteiger partial charge in [0.2, 0.25) is 0 Å². The predicted molar refractivity (Wildman–Crippen MR) is 67.0 cm³/mol. The molecule has 20 nitrogen and oxygen atoms in total. The van der Waals surface area contributed by atoms with Gasteiger partial charge in [-0.25, -0.2) is 84.5 Å². The summed E-state index contributed by atoms with van der Waals surface area (Å²) in [6.07, 6.45) is 7.99. The summed E-state index contributed by atoms with van der Waals surface area (Å²) in [5.74, 6) is 0. The number of aromatic nitrogens is 2. The van der Waals surface area contributed by atoms with Crippen LogP contribution in [0.5, 0.6) is 0 Å². The Balaban J connectivity index is -0.000000502. The van der Waals surface area contributed by atoms with Crippen molar-refractivity contribution in [3.63, 3.8) is 0 Å². The van der Waals surface area contributed by atoms with Crippen LogP contribution in [0.4, 0.5) is 0 Å². The smallest absolute Gasteiger partial charge is 0.175 e. The molecule has 2 rings (SSSR count). The highest BCUT2D eigenvalue weighted by atomic mass is 35.7. The maximum Gasteiger partial charge on any atom is 0.175 e. The Hall–Kier alpha value is -1.26. The zero-order valence-corrected chi connectivity index (χ0v) is 21.7. The van der Waals surface area contributed by atoms with E-state index in [0.29, 0.717) is 0 Å². The van der Waals surface area contributed by atoms with Crippen molar-refractivity contribution in [3.05, 3.63) is 60.2 Å². The minimum Gasteiger partial charge on any atom is -0.338 e. The number of quaternary nitrogens is 2. The molecule has 0 spiro atoms. The largest absolute Gasteiger partial charge is 0.338 e. The summed E-state index contributed by atoms with van der Waals surface area (Å²) in [5, 5.41) is 4.69. The monoisotopic (exact) mass is 642 g/mol. The first kappa shape index (κ1) is 41.2. The van der Waals surface area contributed by atoms with E-state index in [-0.39, 0.29) is 0 Å². The Morgan fingerprint density at radius 3 is 0.895 bits per heavy atom. The van der Waals surface area contributed by atoms with Gasteiger partial charge in [0, 0.05) is 12.1 Å². The van der Waals surface area contributed by atoms with E-state index in [4.69, 9.17) is 74.5 Å². The van der Waals surface area contributed by atoms with Crippen molar-refractivity contribution in [2.24, 2.45) is 0 Å². The molecule has 0 radical (unpaired) electrons. The molecule has 2 aromatic rings. The molecule has 0 bridgehead atoms. The van der Waals surface area contributed by atoms with Gasteiger partial charge in [0.25, 0.3) is 0 Å². The maximum atomic E-state index is 8.49. The van der Waals surface area contributed by atoms with Gasteiger partial charge in [-0.05, 0) is 12.1 Å². The van der Waals surface area contributed by atoms with Crippen LogP contribution >= 0.6 is 0 Å². The van der Waals surface area contributed by atoms with Gasteiger partial charge in [-0.3, -0.25) is 0 Å². The molecule has 0 aromatic carbocycles. The van der Waals surface area contributed by atoms with Crippen LogP contribution in [0.2, 0.25) is 0 Å². The second-order valence-corrected chi connectivity index (χ2v) is 8.92. The van der Waals surface area contributed by atoms with Gasteiger partial charge >= 0.3 is 0 Å². The molecule has 0 saturated carbocycles. The third-order valence-corrected chi connectivity index (χ3v) is 2.88. The number of nitrogens with one attached hydrogen (secondary N) is 2. The fourth-order valence-corrected chi connectivity index (χ4v) is 1.89. The lowest BCUT2D eigenvalue weighted by molar-refractivity contribution is -2.00. The topological polar surface area (TPSA) is 430 Å². The second-order valence-electron chi connectivity index (χ2n) is 5.90. The lowest BCUT2D eigenvalue weighted by atomic mass is 10.3. The van der Waals surface area contributed by atoms with Crippen LogP contribution in [0.15, 0.2) is 49.1 Å². The molecular weight excluding hydrogens is 622 g/mol. The fraction of sp³-hybridized carbons (Fsp3) is 0.286. The van der Waals surface area contributed by atoms with Crippen molar-refractivity contribution in [2.75, 3.05) is 13.1 Å². The van der Waals surface area contributed by atoms with Gasteiger partial charge in [-0.1, -0.05) is 0 Å². The van der Waals surface area contributed by atoms with Crippen LogP contribution in [-0.2, 0) is 13.1 Å². The summed E-state index contributed by atoms with van der Waals surface area (Å²) in [6, 6.07) is 8.38. The summed E-state index contributed by atoms with van der Waals surface area (Å²) in [6.45, 7) is 4.38. The minimum atomic E-state index is -4.94. The molecule has 2 heterocycles. The molecule has 0 unspecified atom stereocenters. The van der Waals surface area contributed by atoms with Gasteiger partial charge in [0.05, 0.1) is 11.1 Å². The Bertz CT molecular complexity index is 676. The quantitative estimate of drug-likeness (QED) is 0.264. The molecular formula is C14H22Cl4N4O16. The van der Waals surface area contributed by atoms with E-state index in [0.717, 1.165) is 26.2 Å². The highest BCUT2D eigenvalue weighted by Gasteiger charge is 2.00. The van der Waals surface area contributed by atoms with Gasteiger partial charge in [0.1, 0.15) is 26.2 Å². The van der Waals surface area contributed by atoms with Crippen molar-refractivity contribution in [2.45, 2.75) is 13.1 Å². The number of hydrogen-bond acceptors (Lipinski definition) is 16. The molecule has 2 aromatic heterocycles. The zero-order valence-electron chi connectivity index (χ0n) is 18.6. The summed E-state index contributed by atoms with van der Waals surface area (Å²) in [4.78, 5) is 6.21. The molecule has 0 aliphatic rings. The number of aromatic amines is 2. The van der Waals surface area contributed by atoms with Crippen molar-refractivity contribution >= 4 is 0 Å². The molecule has 0 fully saturated rings. The van der Waals surface area contributed by atoms with E-state index in [9.17, 15) is 0 Å². The number of rotatable bonds is 7. The highest BCUT2D eigenvalue weighted by Crippen LogP contribution is 1.88. The highest BCUT2D eigenvalue weighted by molar-refractivity contribution is 5.03. The second kappa shape index (κ2) is 21.5. The summed E-state index contributed by atoms with van der Waals surface area (Å²) >= 11 is 0. The van der Waals surface area contributed by atoms with Crippen LogP contribution < -0.4 is 95.1 Å². The summed E-state index contributed by atoms with van der Waals surface area (Å²) in [5.41, 5.74) is 2.69. The molecule has 0 atom stereocenters. The van der Waals surface area contributed by atoms with E-state index in [1.54, 1.807) is 0 Å². The first-order valence-electron chi connectivity index (χ1n) is 8.95. The first-order chi connectivity index (χ1) is 16.9. The molecule has 222 valence electrons. The third-order valence-electron chi connectivity index (χ3n) is 2.88. The van der Waals surface area contributed by atoms with Gasteiger partial charge in [0.15, 0.2) is 24.8 Å². The van der Waals surface area contributed by atoms with Crippen LogP contribution in [-0.4, -0.2) is 13.1 Å². The minimum absolute atomic E-state index is 1.05. The molecule has 24 heteroatoms. The molecule has 0 amide bonds. The van der Waals surface area contributed by atoms with Crippen molar-refractivity contribution in [1.82, 2.24) is 0 Å². The third kappa shape index (κ3) is 70.2. The van der Waals surface area contributed by atoms with Crippen LogP contribution in [0.1, 0.15) is 11.1 Å². The number of pyridine rings is 2. The normalized spacial score (nSPS) is 11.3. The van der Waals surface area contributed by atoms with Gasteiger partial charge in [-0.15, -0.1) is 41.0 Å². The van der Waals surface area contributed by atoms with Crippen LogP contribution in [0, 0.1) is 41.0 Å². The van der Waals surface area contributed by atoms with E-state index in [2.05, 4.69) is 45.1 Å². The average Bonchev–Trinajstić information content (AvgIpc) is 2.67. The summed E-state index contributed by atoms with van der Waals surface area (Å²) < 4.78 is 136. The molecule has 0 saturated heterocycles. The number of nitrogens with two attached hydrogens (primary N) is 2.